The summed E-state index contributed by atoms with van der Waals surface area (Å²) in [5, 5.41) is 7.04. The molecule has 1 aliphatic heterocycles. The number of benzene rings is 1. The van der Waals surface area contributed by atoms with Gasteiger partial charge >= 0.3 is 0 Å². The fourth-order valence-corrected chi connectivity index (χ4v) is 2.40. The summed E-state index contributed by atoms with van der Waals surface area (Å²) in [6.45, 7) is 1.61. The molecule has 2 N–H and O–H groups in total. The maximum absolute atomic E-state index is 11.8. The molecule has 0 aromatic heterocycles. The highest BCUT2D eigenvalue weighted by Crippen LogP contribution is 2.24. The second kappa shape index (κ2) is 6.98. The monoisotopic (exact) mass is 302 g/mol. The maximum atomic E-state index is 11.8. The van der Waals surface area contributed by atoms with E-state index in [1.165, 1.54) is 0 Å². The van der Waals surface area contributed by atoms with Gasteiger partial charge in [-0.2, -0.15) is 0 Å². The van der Waals surface area contributed by atoms with Gasteiger partial charge in [0, 0.05) is 24.3 Å². The summed E-state index contributed by atoms with van der Waals surface area (Å²) < 4.78 is 5.24. The molecular weight excluding hydrogens is 287 g/mol. The van der Waals surface area contributed by atoms with Crippen LogP contribution in [0.3, 0.4) is 0 Å². The Morgan fingerprint density at radius 2 is 2.05 bits per heavy atom. The van der Waals surface area contributed by atoms with Gasteiger partial charge in [-0.05, 0) is 31.0 Å². The highest BCUT2D eigenvalue weighted by Gasteiger charge is 2.15. The number of anilines is 1. The fraction of sp³-hybridized carbons (Fsp3) is 0.462. The minimum atomic E-state index is -0.0436. The minimum Gasteiger partial charge on any atom is -0.381 e. The van der Waals surface area contributed by atoms with E-state index in [-0.39, 0.29) is 18.5 Å². The zero-order valence-corrected chi connectivity index (χ0v) is 11.9. The highest BCUT2D eigenvalue weighted by atomic mass is 35.5. The molecule has 0 saturated carbocycles. The summed E-state index contributed by atoms with van der Waals surface area (Å²) in [6.07, 6.45) is 1.74. The van der Waals surface area contributed by atoms with Crippen LogP contribution in [0.15, 0.2) is 18.2 Å². The number of hydrogen-bond donors (Lipinski definition) is 2. The summed E-state index contributed by atoms with van der Waals surface area (Å²) >= 11 is 11.8. The number of rotatable bonds is 4. The van der Waals surface area contributed by atoms with Gasteiger partial charge < -0.3 is 15.4 Å². The molecule has 1 fully saturated rings. The quantitative estimate of drug-likeness (QED) is 0.899. The molecule has 1 saturated heterocycles. The first-order valence-electron chi connectivity index (χ1n) is 6.21. The Bertz CT molecular complexity index is 448. The van der Waals surface area contributed by atoms with E-state index in [1.807, 2.05) is 0 Å². The molecule has 1 aromatic carbocycles. The number of ether oxygens (including phenoxy) is 1. The van der Waals surface area contributed by atoms with Crippen LogP contribution in [0.4, 0.5) is 5.69 Å². The van der Waals surface area contributed by atoms with Crippen LogP contribution in [0.5, 0.6) is 0 Å². The minimum absolute atomic E-state index is 0.0436. The average molecular weight is 303 g/mol. The summed E-state index contributed by atoms with van der Waals surface area (Å²) in [4.78, 5) is 11.8. The molecule has 0 radical (unpaired) electrons. The standard InChI is InChI=1S/C13H16Cl2N2O2/c14-9-1-2-12(11(15)7-9)16-8-13(18)17-10-3-5-19-6-4-10/h1-2,7,10,16H,3-6,8H2,(H,17,18). The molecule has 0 unspecified atom stereocenters. The molecule has 2 rings (SSSR count). The zero-order chi connectivity index (χ0) is 13.7. The van der Waals surface area contributed by atoms with Crippen molar-refractivity contribution in [2.75, 3.05) is 25.1 Å². The molecule has 104 valence electrons. The Kier molecular flexibility index (Phi) is 5.31. The van der Waals surface area contributed by atoms with E-state index in [4.69, 9.17) is 27.9 Å². The summed E-state index contributed by atoms with van der Waals surface area (Å²) in [7, 11) is 0. The first-order valence-corrected chi connectivity index (χ1v) is 6.97. The van der Waals surface area contributed by atoms with Crippen molar-refractivity contribution in [3.05, 3.63) is 28.2 Å². The molecule has 4 nitrogen and oxygen atoms in total. The van der Waals surface area contributed by atoms with E-state index in [2.05, 4.69) is 10.6 Å². The Balaban J connectivity index is 1.79. The van der Waals surface area contributed by atoms with Gasteiger partial charge in [0.1, 0.15) is 0 Å². The van der Waals surface area contributed by atoms with Crippen LogP contribution in [0.25, 0.3) is 0 Å². The van der Waals surface area contributed by atoms with E-state index < -0.39 is 0 Å². The molecule has 0 bridgehead atoms. The Hall–Kier alpha value is -0.970. The molecular formula is C13H16Cl2N2O2. The third-order valence-electron chi connectivity index (χ3n) is 2.96. The van der Waals surface area contributed by atoms with E-state index in [9.17, 15) is 4.79 Å². The van der Waals surface area contributed by atoms with Crippen LogP contribution in [-0.2, 0) is 9.53 Å². The lowest BCUT2D eigenvalue weighted by atomic mass is 10.1. The van der Waals surface area contributed by atoms with Crippen molar-refractivity contribution in [3.63, 3.8) is 0 Å². The van der Waals surface area contributed by atoms with Crippen molar-refractivity contribution in [3.8, 4) is 0 Å². The summed E-state index contributed by atoms with van der Waals surface area (Å²) in [5.74, 6) is -0.0436. The molecule has 6 heteroatoms. The predicted octanol–water partition coefficient (Wildman–Crippen LogP) is 2.70. The second-order valence-electron chi connectivity index (χ2n) is 4.43. The SMILES string of the molecule is O=C(CNc1ccc(Cl)cc1Cl)NC1CCOCC1. The van der Waals surface area contributed by atoms with Crippen LogP contribution < -0.4 is 10.6 Å². The first kappa shape index (κ1) is 14.4. The number of halogens is 2. The summed E-state index contributed by atoms with van der Waals surface area (Å²) in [5.41, 5.74) is 0.702. The number of carbonyl (C=O) groups is 1. The number of amides is 1. The molecule has 1 amide bonds. The van der Waals surface area contributed by atoms with Crippen LogP contribution in [-0.4, -0.2) is 31.7 Å². The third-order valence-corrected chi connectivity index (χ3v) is 3.50. The predicted molar refractivity (Wildman–Crippen MR) is 76.9 cm³/mol. The van der Waals surface area contributed by atoms with Crippen molar-refractivity contribution in [2.45, 2.75) is 18.9 Å². The zero-order valence-electron chi connectivity index (χ0n) is 10.4. The topological polar surface area (TPSA) is 50.4 Å². The van der Waals surface area contributed by atoms with Crippen LogP contribution in [0, 0.1) is 0 Å². The molecule has 1 aliphatic rings. The van der Waals surface area contributed by atoms with E-state index in [1.54, 1.807) is 18.2 Å². The molecule has 1 heterocycles. The lowest BCUT2D eigenvalue weighted by Crippen LogP contribution is -2.41. The van der Waals surface area contributed by atoms with E-state index in [0.717, 1.165) is 12.8 Å². The van der Waals surface area contributed by atoms with Crippen molar-refractivity contribution in [1.82, 2.24) is 5.32 Å². The lowest BCUT2D eigenvalue weighted by molar-refractivity contribution is -0.120. The highest BCUT2D eigenvalue weighted by molar-refractivity contribution is 6.36. The Labute approximate surface area is 122 Å². The molecule has 0 aliphatic carbocycles. The Morgan fingerprint density at radius 1 is 1.32 bits per heavy atom. The smallest absolute Gasteiger partial charge is 0.239 e. The molecule has 0 spiro atoms. The van der Waals surface area contributed by atoms with Gasteiger partial charge in [0.2, 0.25) is 5.91 Å². The largest absolute Gasteiger partial charge is 0.381 e. The van der Waals surface area contributed by atoms with Gasteiger partial charge in [0.25, 0.3) is 0 Å². The van der Waals surface area contributed by atoms with Crippen molar-refractivity contribution >= 4 is 34.8 Å². The number of nitrogens with one attached hydrogen (secondary N) is 2. The third kappa shape index (κ3) is 4.56. The Morgan fingerprint density at radius 3 is 2.74 bits per heavy atom. The molecule has 1 aromatic rings. The number of hydrogen-bond acceptors (Lipinski definition) is 3. The van der Waals surface area contributed by atoms with Crippen molar-refractivity contribution in [2.24, 2.45) is 0 Å². The van der Waals surface area contributed by atoms with Gasteiger partial charge in [-0.3, -0.25) is 4.79 Å². The van der Waals surface area contributed by atoms with Crippen LogP contribution in [0.2, 0.25) is 10.0 Å². The van der Waals surface area contributed by atoms with E-state index in [0.29, 0.717) is 28.9 Å². The molecule has 19 heavy (non-hydrogen) atoms. The van der Waals surface area contributed by atoms with Gasteiger partial charge in [-0.25, -0.2) is 0 Å². The van der Waals surface area contributed by atoms with Gasteiger partial charge in [-0.15, -0.1) is 0 Å². The van der Waals surface area contributed by atoms with Gasteiger partial charge in [0.05, 0.1) is 17.3 Å². The fourth-order valence-electron chi connectivity index (χ4n) is 1.93. The maximum Gasteiger partial charge on any atom is 0.239 e. The molecule has 0 atom stereocenters. The summed E-state index contributed by atoms with van der Waals surface area (Å²) in [6, 6.07) is 5.34. The van der Waals surface area contributed by atoms with Crippen LogP contribution >= 0.6 is 23.2 Å². The number of carbonyl (C=O) groups excluding carboxylic acids is 1. The van der Waals surface area contributed by atoms with Crippen molar-refractivity contribution < 1.29 is 9.53 Å². The van der Waals surface area contributed by atoms with Crippen molar-refractivity contribution in [1.29, 1.82) is 0 Å². The van der Waals surface area contributed by atoms with E-state index >= 15 is 0 Å². The van der Waals surface area contributed by atoms with Crippen LogP contribution in [0.1, 0.15) is 12.8 Å². The lowest BCUT2D eigenvalue weighted by Gasteiger charge is -2.23. The first-order chi connectivity index (χ1) is 9.15. The van der Waals surface area contributed by atoms with Gasteiger partial charge in [0.15, 0.2) is 0 Å². The second-order valence-corrected chi connectivity index (χ2v) is 5.28. The normalized spacial score (nSPS) is 16.1. The average Bonchev–Trinajstić information content (AvgIpc) is 2.39. The van der Waals surface area contributed by atoms with Gasteiger partial charge in [-0.1, -0.05) is 23.2 Å².